The van der Waals surface area contributed by atoms with Crippen molar-refractivity contribution >= 4 is 5.91 Å². The van der Waals surface area contributed by atoms with Gasteiger partial charge in [0.15, 0.2) is 5.76 Å². The van der Waals surface area contributed by atoms with Crippen molar-refractivity contribution in [2.75, 3.05) is 13.1 Å². The molecule has 0 aliphatic carbocycles. The number of carbonyl (C=O) groups is 1. The van der Waals surface area contributed by atoms with Crippen LogP contribution in [0.4, 0.5) is 0 Å². The molecule has 1 aliphatic rings. The lowest BCUT2D eigenvalue weighted by molar-refractivity contribution is -0.132. The molecule has 1 aliphatic heterocycles. The Morgan fingerprint density at radius 1 is 1.46 bits per heavy atom. The first-order valence-electron chi connectivity index (χ1n) is 8.40. The summed E-state index contributed by atoms with van der Waals surface area (Å²) in [6.07, 6.45) is 3.48. The molecule has 0 unspecified atom stereocenters. The maximum absolute atomic E-state index is 12.1. The molecule has 0 aromatic carbocycles. The lowest BCUT2D eigenvalue weighted by Crippen LogP contribution is -2.40. The Morgan fingerprint density at radius 2 is 2.29 bits per heavy atom. The highest BCUT2D eigenvalue weighted by atomic mass is 16.5. The topological polar surface area (TPSA) is 75.6 Å². The van der Waals surface area contributed by atoms with Gasteiger partial charge in [0, 0.05) is 38.5 Å². The Hall–Kier alpha value is -2.15. The van der Waals surface area contributed by atoms with Gasteiger partial charge in [-0.1, -0.05) is 12.1 Å². The van der Waals surface area contributed by atoms with Crippen LogP contribution in [0.1, 0.15) is 43.4 Å². The Balaban J connectivity index is 1.61. The minimum atomic E-state index is 0.0496. The summed E-state index contributed by atoms with van der Waals surface area (Å²) in [5.41, 5.74) is 0.890. The van der Waals surface area contributed by atoms with Crippen LogP contribution in [0.15, 0.2) is 21.2 Å². The fourth-order valence-corrected chi connectivity index (χ4v) is 3.15. The van der Waals surface area contributed by atoms with Gasteiger partial charge >= 0.3 is 0 Å². The minimum absolute atomic E-state index is 0.0496. The molecule has 0 bridgehead atoms. The average Bonchev–Trinajstić information content (AvgIpc) is 3.26. The number of aryl methyl sites for hydroxylation is 2. The molecule has 3 heterocycles. The van der Waals surface area contributed by atoms with E-state index >= 15 is 0 Å². The molecule has 0 spiro atoms. The number of oxazole rings is 1. The largest absolute Gasteiger partial charge is 0.444 e. The normalized spacial score (nSPS) is 18.2. The molecule has 1 saturated heterocycles. The third kappa shape index (κ3) is 3.84. The zero-order chi connectivity index (χ0) is 17.1. The van der Waals surface area contributed by atoms with Gasteiger partial charge in [0.1, 0.15) is 5.76 Å². The summed E-state index contributed by atoms with van der Waals surface area (Å²) in [6, 6.07) is 2.12. The maximum atomic E-state index is 12.1. The number of rotatable bonds is 6. The molecule has 0 saturated carbocycles. The number of hydrogen-bond donors (Lipinski definition) is 0. The third-order valence-corrected chi connectivity index (χ3v) is 4.40. The molecule has 0 N–H and O–H groups in total. The average molecular weight is 332 g/mol. The molecular formula is C17H24N4O3. The molecule has 1 fully saturated rings. The number of carbonyl (C=O) groups excluding carboxylic acids is 1. The quantitative estimate of drug-likeness (QED) is 0.807. The van der Waals surface area contributed by atoms with Crippen LogP contribution < -0.4 is 0 Å². The van der Waals surface area contributed by atoms with Gasteiger partial charge < -0.3 is 13.8 Å². The van der Waals surface area contributed by atoms with Crippen LogP contribution in [-0.2, 0) is 24.3 Å². The summed E-state index contributed by atoms with van der Waals surface area (Å²) >= 11 is 0. The van der Waals surface area contributed by atoms with Crippen LogP contribution in [0.3, 0.4) is 0 Å². The summed E-state index contributed by atoms with van der Waals surface area (Å²) in [6.45, 7) is 8.44. The molecule has 7 heteroatoms. The van der Waals surface area contributed by atoms with Gasteiger partial charge in [-0.2, -0.15) is 0 Å². The maximum Gasteiger partial charge on any atom is 0.220 e. The van der Waals surface area contributed by atoms with E-state index in [1.54, 1.807) is 13.1 Å². The van der Waals surface area contributed by atoms with E-state index in [2.05, 4.69) is 15.0 Å². The Bertz CT molecular complexity index is 694. The van der Waals surface area contributed by atoms with Gasteiger partial charge in [-0.3, -0.25) is 9.69 Å². The molecular weight excluding hydrogens is 308 g/mol. The molecule has 0 radical (unpaired) electrons. The van der Waals surface area contributed by atoms with Crippen LogP contribution >= 0.6 is 0 Å². The molecule has 7 nitrogen and oxygen atoms in total. The smallest absolute Gasteiger partial charge is 0.220 e. The molecule has 2 aromatic rings. The second-order valence-electron chi connectivity index (χ2n) is 6.33. The Labute approximate surface area is 141 Å². The number of aromatic nitrogens is 2. The van der Waals surface area contributed by atoms with Gasteiger partial charge in [0.2, 0.25) is 11.8 Å². The van der Waals surface area contributed by atoms with E-state index < -0.39 is 0 Å². The number of nitrogens with zero attached hydrogens (tertiary/aromatic N) is 4. The molecule has 2 aromatic heterocycles. The SMILES string of the molecule is CCc1cnc(CN(C(C)=O)[C@H]2CCN(Cc3cc(C)no3)C2)o1. The van der Waals surface area contributed by atoms with Crippen LogP contribution in [-0.4, -0.2) is 45.0 Å². The molecule has 1 atom stereocenters. The molecule has 3 rings (SSSR count). The predicted octanol–water partition coefficient (Wildman–Crippen LogP) is 2.16. The van der Waals surface area contributed by atoms with Crippen molar-refractivity contribution in [3.63, 3.8) is 0 Å². The fourth-order valence-electron chi connectivity index (χ4n) is 3.15. The first kappa shape index (κ1) is 16.7. The van der Waals surface area contributed by atoms with E-state index in [0.29, 0.717) is 12.4 Å². The predicted molar refractivity (Wildman–Crippen MR) is 87.0 cm³/mol. The van der Waals surface area contributed by atoms with Crippen molar-refractivity contribution in [2.45, 2.75) is 52.7 Å². The summed E-state index contributed by atoms with van der Waals surface area (Å²) in [5, 5.41) is 3.92. The summed E-state index contributed by atoms with van der Waals surface area (Å²) < 4.78 is 10.9. The standard InChI is InChI=1S/C17H24N4O3/c1-4-15-8-18-17(23-15)11-21(13(3)22)14-5-6-20(9-14)10-16-7-12(2)19-24-16/h7-8,14H,4-6,9-11H2,1-3H3/t14-/m0/s1. The van der Waals surface area contributed by atoms with Gasteiger partial charge in [0.05, 0.1) is 25.0 Å². The second kappa shape index (κ2) is 7.17. The molecule has 24 heavy (non-hydrogen) atoms. The number of hydrogen-bond acceptors (Lipinski definition) is 6. The number of amides is 1. The molecule has 1 amide bonds. The van der Waals surface area contributed by atoms with Crippen molar-refractivity contribution in [3.05, 3.63) is 35.4 Å². The van der Waals surface area contributed by atoms with E-state index in [1.807, 2.05) is 24.8 Å². The highest BCUT2D eigenvalue weighted by molar-refractivity contribution is 5.73. The van der Waals surface area contributed by atoms with Crippen LogP contribution in [0.25, 0.3) is 0 Å². The lowest BCUT2D eigenvalue weighted by atomic mass is 10.2. The summed E-state index contributed by atoms with van der Waals surface area (Å²) in [5.74, 6) is 2.37. The van der Waals surface area contributed by atoms with Gasteiger partial charge in [-0.05, 0) is 13.3 Å². The second-order valence-corrected chi connectivity index (χ2v) is 6.33. The van der Waals surface area contributed by atoms with E-state index in [1.165, 1.54) is 0 Å². The Kier molecular flexibility index (Phi) is 4.99. The zero-order valence-electron chi connectivity index (χ0n) is 14.5. The molecule has 130 valence electrons. The van der Waals surface area contributed by atoms with E-state index in [-0.39, 0.29) is 11.9 Å². The fraction of sp³-hybridized carbons (Fsp3) is 0.588. The van der Waals surface area contributed by atoms with Gasteiger partial charge in [0.25, 0.3) is 0 Å². The third-order valence-electron chi connectivity index (χ3n) is 4.40. The minimum Gasteiger partial charge on any atom is -0.444 e. The first-order chi connectivity index (χ1) is 11.5. The highest BCUT2D eigenvalue weighted by Gasteiger charge is 2.30. The summed E-state index contributed by atoms with van der Waals surface area (Å²) in [7, 11) is 0. The van der Waals surface area contributed by atoms with Crippen LogP contribution in [0.2, 0.25) is 0 Å². The summed E-state index contributed by atoms with van der Waals surface area (Å²) in [4.78, 5) is 20.5. The highest BCUT2D eigenvalue weighted by Crippen LogP contribution is 2.21. The van der Waals surface area contributed by atoms with Crippen LogP contribution in [0, 0.1) is 6.92 Å². The van der Waals surface area contributed by atoms with Crippen LogP contribution in [0.5, 0.6) is 0 Å². The van der Waals surface area contributed by atoms with Crippen molar-refractivity contribution in [2.24, 2.45) is 0 Å². The van der Waals surface area contributed by atoms with Gasteiger partial charge in [-0.25, -0.2) is 4.98 Å². The zero-order valence-corrected chi connectivity index (χ0v) is 14.5. The lowest BCUT2D eigenvalue weighted by Gasteiger charge is -2.26. The monoisotopic (exact) mass is 332 g/mol. The van der Waals surface area contributed by atoms with E-state index in [9.17, 15) is 4.79 Å². The van der Waals surface area contributed by atoms with Crippen molar-refractivity contribution < 1.29 is 13.7 Å². The van der Waals surface area contributed by atoms with E-state index in [0.717, 1.165) is 49.7 Å². The van der Waals surface area contributed by atoms with Crippen molar-refractivity contribution in [1.29, 1.82) is 0 Å². The first-order valence-corrected chi connectivity index (χ1v) is 8.40. The van der Waals surface area contributed by atoms with Crippen molar-refractivity contribution in [3.8, 4) is 0 Å². The Morgan fingerprint density at radius 3 is 2.92 bits per heavy atom. The van der Waals surface area contributed by atoms with Gasteiger partial charge in [-0.15, -0.1) is 0 Å². The van der Waals surface area contributed by atoms with E-state index in [4.69, 9.17) is 8.94 Å². The van der Waals surface area contributed by atoms with Crippen molar-refractivity contribution in [1.82, 2.24) is 19.9 Å². The number of likely N-dealkylation sites (tertiary alicyclic amines) is 1.